The van der Waals surface area contributed by atoms with Gasteiger partial charge in [-0.2, -0.15) is 10.5 Å². The van der Waals surface area contributed by atoms with Gasteiger partial charge < -0.3 is 20.0 Å². The Kier molecular flexibility index (Phi) is 20.1. The third-order valence-corrected chi connectivity index (χ3v) is 8.38. The second kappa shape index (κ2) is 22.2. The molecule has 0 bridgehead atoms. The minimum absolute atomic E-state index is 0. The molecule has 2 aliphatic rings. The molecule has 0 unspecified atom stereocenters. The second-order valence-corrected chi connectivity index (χ2v) is 12.4. The van der Waals surface area contributed by atoms with Gasteiger partial charge in [-0.05, 0) is 88.7 Å². The third-order valence-electron chi connectivity index (χ3n) is 6.85. The van der Waals surface area contributed by atoms with E-state index in [1.54, 1.807) is 30.6 Å². The molecule has 4 aromatic rings. The van der Waals surface area contributed by atoms with Crippen LogP contribution in [-0.4, -0.2) is 62.3 Å². The molecule has 239 valence electrons. The fourth-order valence-corrected chi connectivity index (χ4v) is 5.29. The van der Waals surface area contributed by atoms with Crippen LogP contribution < -0.4 is 20.0 Å². The van der Waals surface area contributed by atoms with Crippen LogP contribution in [0.2, 0.25) is 0 Å². The minimum Gasteiger partial charge on any atom is -0.369 e. The van der Waals surface area contributed by atoms with E-state index in [4.69, 9.17) is 10.5 Å². The van der Waals surface area contributed by atoms with Crippen molar-refractivity contribution >= 4 is 64.9 Å². The van der Waals surface area contributed by atoms with Crippen LogP contribution in [0, 0.1) is 22.7 Å². The van der Waals surface area contributed by atoms with Crippen LogP contribution in [0.4, 0.5) is 17.1 Å². The second-order valence-electron chi connectivity index (χ2n) is 9.65. The molecule has 2 saturated heterocycles. The molecule has 0 aliphatic carbocycles. The van der Waals surface area contributed by atoms with Gasteiger partial charge in [-0.1, -0.05) is 46.7 Å². The standard InChI is InChI=1S/C16H15BrN4.C10H13BrN2.C6H3BrN2.2CH4.Y/c17-13-1-4-15(5-2-13)20-7-9-21(10-8-20)16-6-3-14(11-18)19-12-16;11-9-1-3-10(4-2-9)13-7-5-12-6-8-13;7-5-1-2-6(3-8)9-4-5;;;/h1-6,12H,7-10H2;1-4,12H,5-8H2;1-2,4H;2*1H4;. The fourth-order valence-electron chi connectivity index (χ4n) is 4.53. The summed E-state index contributed by atoms with van der Waals surface area (Å²) in [5.74, 6) is 0. The summed E-state index contributed by atoms with van der Waals surface area (Å²) in [6.07, 6.45) is 3.38. The zero-order valence-electron chi connectivity index (χ0n) is 24.1. The quantitative estimate of drug-likeness (QED) is 0.222. The predicted octanol–water partition coefficient (Wildman–Crippen LogP) is 7.89. The Hall–Kier alpha value is -2.38. The van der Waals surface area contributed by atoms with Gasteiger partial charge in [0.15, 0.2) is 0 Å². The smallest absolute Gasteiger partial charge is 0.140 e. The number of hydrogen-bond donors (Lipinski definition) is 1. The van der Waals surface area contributed by atoms with E-state index in [2.05, 4.69) is 126 Å². The molecule has 2 fully saturated rings. The number of nitriles is 2. The number of pyridine rings is 2. The summed E-state index contributed by atoms with van der Waals surface area (Å²) in [5, 5.41) is 20.4. The molecule has 6 rings (SSSR count). The van der Waals surface area contributed by atoms with Crippen molar-refractivity contribution < 1.29 is 32.7 Å². The molecule has 4 heterocycles. The van der Waals surface area contributed by atoms with Crippen molar-refractivity contribution in [3.63, 3.8) is 0 Å². The van der Waals surface area contributed by atoms with Crippen molar-refractivity contribution in [3.05, 3.63) is 110 Å². The van der Waals surface area contributed by atoms with Gasteiger partial charge in [0.05, 0.1) is 11.9 Å². The Bertz CT molecular complexity index is 1490. The molecule has 0 atom stereocenters. The van der Waals surface area contributed by atoms with Gasteiger partial charge in [-0.25, -0.2) is 9.97 Å². The Morgan fingerprint density at radius 2 is 0.891 bits per heavy atom. The van der Waals surface area contributed by atoms with Crippen LogP contribution in [0.3, 0.4) is 0 Å². The molecule has 0 amide bonds. The van der Waals surface area contributed by atoms with E-state index in [-0.39, 0.29) is 47.6 Å². The monoisotopic (exact) mass is 885 g/mol. The van der Waals surface area contributed by atoms with Crippen LogP contribution in [0.15, 0.2) is 98.6 Å². The maximum absolute atomic E-state index is 8.78. The van der Waals surface area contributed by atoms with Crippen LogP contribution in [0.5, 0.6) is 0 Å². The van der Waals surface area contributed by atoms with Gasteiger partial charge in [-0.15, -0.1) is 0 Å². The number of piperazine rings is 2. The molecule has 1 radical (unpaired) electrons. The minimum atomic E-state index is 0. The van der Waals surface area contributed by atoms with Crippen molar-refractivity contribution in [2.24, 2.45) is 0 Å². The first kappa shape index (κ1) is 41.6. The van der Waals surface area contributed by atoms with E-state index in [0.29, 0.717) is 11.4 Å². The van der Waals surface area contributed by atoms with E-state index in [0.717, 1.165) is 71.5 Å². The van der Waals surface area contributed by atoms with Crippen molar-refractivity contribution in [1.29, 1.82) is 10.5 Å². The Labute approximate surface area is 324 Å². The molecule has 0 saturated carbocycles. The van der Waals surface area contributed by atoms with Crippen molar-refractivity contribution in [3.8, 4) is 12.1 Å². The molecule has 2 aromatic carbocycles. The zero-order chi connectivity index (χ0) is 30.4. The molecule has 12 heteroatoms. The fraction of sp³-hybridized carbons (Fsp3) is 0.294. The Morgan fingerprint density at radius 1 is 0.522 bits per heavy atom. The molecular formula is C34H39Br3N8Y. The van der Waals surface area contributed by atoms with Gasteiger partial charge in [0.1, 0.15) is 23.5 Å². The average molecular weight is 888 g/mol. The molecule has 1 N–H and O–H groups in total. The maximum Gasteiger partial charge on any atom is 0.140 e. The number of rotatable bonds is 3. The van der Waals surface area contributed by atoms with Gasteiger partial charge in [0.25, 0.3) is 0 Å². The molecule has 8 nitrogen and oxygen atoms in total. The summed E-state index contributed by atoms with van der Waals surface area (Å²) in [5.41, 5.74) is 4.58. The van der Waals surface area contributed by atoms with E-state index < -0.39 is 0 Å². The summed E-state index contributed by atoms with van der Waals surface area (Å²) in [4.78, 5) is 15.0. The first-order valence-electron chi connectivity index (χ1n) is 13.8. The first-order valence-corrected chi connectivity index (χ1v) is 16.2. The van der Waals surface area contributed by atoms with Crippen molar-refractivity contribution in [2.75, 3.05) is 67.1 Å². The van der Waals surface area contributed by atoms with E-state index in [9.17, 15) is 0 Å². The number of nitrogens with one attached hydrogen (secondary N) is 1. The van der Waals surface area contributed by atoms with E-state index in [1.807, 2.05) is 18.2 Å². The molecular weight excluding hydrogens is 849 g/mol. The number of anilines is 3. The summed E-state index contributed by atoms with van der Waals surface area (Å²) < 4.78 is 3.14. The first-order chi connectivity index (χ1) is 20.9. The summed E-state index contributed by atoms with van der Waals surface area (Å²) in [6, 6.07) is 28.1. The molecule has 2 aliphatic heterocycles. The van der Waals surface area contributed by atoms with E-state index >= 15 is 0 Å². The maximum atomic E-state index is 8.78. The van der Waals surface area contributed by atoms with Crippen LogP contribution >= 0.6 is 47.8 Å². The number of halogens is 3. The summed E-state index contributed by atoms with van der Waals surface area (Å²) in [6.45, 7) is 8.31. The van der Waals surface area contributed by atoms with Crippen LogP contribution in [-0.2, 0) is 32.7 Å². The largest absolute Gasteiger partial charge is 0.369 e. The van der Waals surface area contributed by atoms with Crippen LogP contribution in [0.1, 0.15) is 26.2 Å². The summed E-state index contributed by atoms with van der Waals surface area (Å²) >= 11 is 10.1. The molecule has 0 spiro atoms. The number of nitrogens with zero attached hydrogens (tertiary/aromatic N) is 7. The van der Waals surface area contributed by atoms with Crippen LogP contribution in [0.25, 0.3) is 0 Å². The van der Waals surface area contributed by atoms with Gasteiger partial charge in [-0.3, -0.25) is 0 Å². The van der Waals surface area contributed by atoms with Crippen molar-refractivity contribution in [2.45, 2.75) is 14.9 Å². The Morgan fingerprint density at radius 3 is 1.28 bits per heavy atom. The average Bonchev–Trinajstić information content (AvgIpc) is 3.07. The van der Waals surface area contributed by atoms with Crippen molar-refractivity contribution in [1.82, 2.24) is 15.3 Å². The van der Waals surface area contributed by atoms with E-state index in [1.165, 1.54) is 11.4 Å². The molecule has 2 aromatic heterocycles. The SMILES string of the molecule is Brc1ccc(N2CCNCC2)cc1.C.C.N#Cc1ccc(Br)cn1.N#Cc1ccc(N2CCN(c3ccc(Br)cc3)CC2)cn1.[Y]. The van der Waals surface area contributed by atoms with Gasteiger partial charge in [0.2, 0.25) is 0 Å². The summed E-state index contributed by atoms with van der Waals surface area (Å²) in [7, 11) is 0. The zero-order valence-corrected chi connectivity index (χ0v) is 31.7. The topological polar surface area (TPSA) is 95.1 Å². The number of hydrogen-bond acceptors (Lipinski definition) is 8. The predicted molar refractivity (Wildman–Crippen MR) is 197 cm³/mol. The molecule has 46 heavy (non-hydrogen) atoms. The normalized spacial score (nSPS) is 13.4. The number of benzene rings is 2. The Balaban J connectivity index is 0.000000365. The third kappa shape index (κ3) is 13.4. The van der Waals surface area contributed by atoms with Gasteiger partial charge >= 0.3 is 0 Å². The van der Waals surface area contributed by atoms with Gasteiger partial charge in [0, 0.05) is 116 Å². The number of aromatic nitrogens is 2.